The zero-order chi connectivity index (χ0) is 9.10. The molecule has 0 spiro atoms. The lowest BCUT2D eigenvalue weighted by Crippen LogP contribution is -2.22. The van der Waals surface area contributed by atoms with Gasteiger partial charge in [-0.3, -0.25) is 0 Å². The number of rotatable bonds is 3. The van der Waals surface area contributed by atoms with Crippen LogP contribution in [-0.2, 0) is 11.2 Å². The minimum absolute atomic E-state index is 0.470. The topological polar surface area (TPSA) is 21.3 Å². The van der Waals surface area contributed by atoms with E-state index in [2.05, 4.69) is 29.6 Å². The van der Waals surface area contributed by atoms with Crippen LogP contribution in [0.15, 0.2) is 24.3 Å². The predicted octanol–water partition coefficient (Wildman–Crippen LogP) is 2.06. The Balaban J connectivity index is 1.97. The number of hydrogen-bond acceptors (Lipinski definition) is 2. The minimum atomic E-state index is 0.470. The fourth-order valence-corrected chi connectivity index (χ4v) is 1.74. The van der Waals surface area contributed by atoms with Gasteiger partial charge in [-0.2, -0.15) is 0 Å². The molecule has 70 valence electrons. The fourth-order valence-electron chi connectivity index (χ4n) is 1.74. The van der Waals surface area contributed by atoms with Crippen molar-refractivity contribution in [3.63, 3.8) is 0 Å². The number of para-hydroxylation sites is 1. The second-order valence-corrected chi connectivity index (χ2v) is 3.36. The van der Waals surface area contributed by atoms with E-state index in [1.54, 1.807) is 0 Å². The summed E-state index contributed by atoms with van der Waals surface area (Å²) in [4.78, 5) is 0. The Labute approximate surface area is 78.9 Å². The molecule has 1 aromatic carbocycles. The van der Waals surface area contributed by atoms with Crippen LogP contribution in [0.1, 0.15) is 12.5 Å². The normalized spacial score (nSPS) is 19.6. The van der Waals surface area contributed by atoms with Crippen LogP contribution in [0.5, 0.6) is 0 Å². The van der Waals surface area contributed by atoms with Crippen molar-refractivity contribution in [1.29, 1.82) is 0 Å². The van der Waals surface area contributed by atoms with Crippen LogP contribution in [0.2, 0.25) is 0 Å². The Morgan fingerprint density at radius 1 is 1.46 bits per heavy atom. The maximum atomic E-state index is 5.39. The summed E-state index contributed by atoms with van der Waals surface area (Å²) in [5, 5.41) is 3.44. The summed E-state index contributed by atoms with van der Waals surface area (Å²) < 4.78 is 5.39. The van der Waals surface area contributed by atoms with Gasteiger partial charge in [-0.25, -0.2) is 0 Å². The van der Waals surface area contributed by atoms with Crippen molar-refractivity contribution in [3.8, 4) is 0 Å². The first-order valence-corrected chi connectivity index (χ1v) is 4.82. The van der Waals surface area contributed by atoms with Gasteiger partial charge in [0.1, 0.15) is 0 Å². The molecule has 13 heavy (non-hydrogen) atoms. The first kappa shape index (κ1) is 8.57. The molecule has 1 aliphatic heterocycles. The van der Waals surface area contributed by atoms with Gasteiger partial charge in [-0.15, -0.1) is 0 Å². The predicted molar refractivity (Wildman–Crippen MR) is 54.0 cm³/mol. The van der Waals surface area contributed by atoms with E-state index in [0.717, 1.165) is 19.6 Å². The Morgan fingerprint density at radius 3 is 3.08 bits per heavy atom. The smallest absolute Gasteiger partial charge is 0.0670 e. The van der Waals surface area contributed by atoms with E-state index in [4.69, 9.17) is 4.74 Å². The summed E-state index contributed by atoms with van der Waals surface area (Å²) in [6, 6.07) is 8.92. The van der Waals surface area contributed by atoms with Crippen LogP contribution in [0.25, 0.3) is 0 Å². The van der Waals surface area contributed by atoms with Gasteiger partial charge in [0.15, 0.2) is 0 Å². The second-order valence-electron chi connectivity index (χ2n) is 3.36. The van der Waals surface area contributed by atoms with Crippen LogP contribution in [0, 0.1) is 0 Å². The molecule has 2 rings (SSSR count). The third kappa shape index (κ3) is 1.83. The Kier molecular flexibility index (Phi) is 2.50. The SMILES string of the molecule is CCOCC1Cc2ccccc2N1. The molecular formula is C11H15NO. The second kappa shape index (κ2) is 3.79. The van der Waals surface area contributed by atoms with Crippen molar-refractivity contribution in [2.75, 3.05) is 18.5 Å². The van der Waals surface area contributed by atoms with Gasteiger partial charge in [-0.05, 0) is 25.0 Å². The Hall–Kier alpha value is -1.02. The molecule has 0 saturated carbocycles. The first-order valence-electron chi connectivity index (χ1n) is 4.82. The zero-order valence-corrected chi connectivity index (χ0v) is 7.92. The van der Waals surface area contributed by atoms with Gasteiger partial charge in [-0.1, -0.05) is 18.2 Å². The quantitative estimate of drug-likeness (QED) is 0.763. The van der Waals surface area contributed by atoms with Gasteiger partial charge in [0.05, 0.1) is 12.6 Å². The molecular weight excluding hydrogens is 162 g/mol. The highest BCUT2D eigenvalue weighted by atomic mass is 16.5. The number of anilines is 1. The molecule has 1 aliphatic rings. The minimum Gasteiger partial charge on any atom is -0.380 e. The van der Waals surface area contributed by atoms with E-state index in [9.17, 15) is 0 Å². The third-order valence-corrected chi connectivity index (χ3v) is 2.37. The lowest BCUT2D eigenvalue weighted by atomic mass is 10.1. The lowest BCUT2D eigenvalue weighted by molar-refractivity contribution is 0.139. The van der Waals surface area contributed by atoms with Crippen LogP contribution in [0.4, 0.5) is 5.69 Å². The Bertz CT molecular complexity index is 260. The average Bonchev–Trinajstić information content (AvgIpc) is 2.57. The Morgan fingerprint density at radius 2 is 2.31 bits per heavy atom. The number of nitrogens with one attached hydrogen (secondary N) is 1. The molecule has 1 unspecified atom stereocenters. The van der Waals surface area contributed by atoms with Crippen LogP contribution in [0.3, 0.4) is 0 Å². The highest BCUT2D eigenvalue weighted by molar-refractivity contribution is 5.56. The maximum absolute atomic E-state index is 5.39. The number of hydrogen-bond donors (Lipinski definition) is 1. The molecule has 0 aromatic heterocycles. The van der Waals surface area contributed by atoms with Crippen molar-refractivity contribution >= 4 is 5.69 Å². The average molecular weight is 177 g/mol. The molecule has 1 N–H and O–H groups in total. The number of benzene rings is 1. The maximum Gasteiger partial charge on any atom is 0.0670 e. The lowest BCUT2D eigenvalue weighted by Gasteiger charge is -2.10. The molecule has 1 heterocycles. The van der Waals surface area contributed by atoms with E-state index in [0.29, 0.717) is 6.04 Å². The highest BCUT2D eigenvalue weighted by Crippen LogP contribution is 2.24. The molecule has 0 aliphatic carbocycles. The van der Waals surface area contributed by atoms with E-state index < -0.39 is 0 Å². The molecule has 2 heteroatoms. The summed E-state index contributed by atoms with van der Waals surface area (Å²) in [6.45, 7) is 3.64. The molecule has 2 nitrogen and oxygen atoms in total. The van der Waals surface area contributed by atoms with E-state index >= 15 is 0 Å². The van der Waals surface area contributed by atoms with Crippen LogP contribution < -0.4 is 5.32 Å². The van der Waals surface area contributed by atoms with Crippen molar-refractivity contribution in [2.24, 2.45) is 0 Å². The summed E-state index contributed by atoms with van der Waals surface area (Å²) in [6.07, 6.45) is 1.09. The largest absolute Gasteiger partial charge is 0.380 e. The van der Waals surface area contributed by atoms with E-state index in [-0.39, 0.29) is 0 Å². The number of ether oxygens (including phenoxy) is 1. The molecule has 1 atom stereocenters. The first-order chi connectivity index (χ1) is 6.40. The van der Waals surface area contributed by atoms with Gasteiger partial charge in [0.2, 0.25) is 0 Å². The van der Waals surface area contributed by atoms with Crippen molar-refractivity contribution in [1.82, 2.24) is 0 Å². The van der Waals surface area contributed by atoms with Crippen LogP contribution >= 0.6 is 0 Å². The van der Waals surface area contributed by atoms with Gasteiger partial charge >= 0.3 is 0 Å². The summed E-state index contributed by atoms with van der Waals surface area (Å²) >= 11 is 0. The molecule has 0 fully saturated rings. The highest BCUT2D eigenvalue weighted by Gasteiger charge is 2.19. The summed E-state index contributed by atoms with van der Waals surface area (Å²) in [7, 11) is 0. The summed E-state index contributed by atoms with van der Waals surface area (Å²) in [5.41, 5.74) is 2.68. The van der Waals surface area contributed by atoms with Crippen molar-refractivity contribution in [2.45, 2.75) is 19.4 Å². The summed E-state index contributed by atoms with van der Waals surface area (Å²) in [5.74, 6) is 0. The van der Waals surface area contributed by atoms with Crippen molar-refractivity contribution < 1.29 is 4.74 Å². The van der Waals surface area contributed by atoms with Crippen molar-refractivity contribution in [3.05, 3.63) is 29.8 Å². The van der Waals surface area contributed by atoms with E-state index in [1.165, 1.54) is 11.3 Å². The fraction of sp³-hybridized carbons (Fsp3) is 0.455. The molecule has 1 aromatic rings. The van der Waals surface area contributed by atoms with Gasteiger partial charge in [0, 0.05) is 12.3 Å². The monoisotopic (exact) mass is 177 g/mol. The standard InChI is InChI=1S/C11H15NO/c1-2-13-8-10-7-9-5-3-4-6-11(9)12-10/h3-6,10,12H,2,7-8H2,1H3. The molecule has 0 radical (unpaired) electrons. The number of fused-ring (bicyclic) bond motifs is 1. The van der Waals surface area contributed by atoms with Crippen LogP contribution in [-0.4, -0.2) is 19.3 Å². The van der Waals surface area contributed by atoms with Gasteiger partial charge < -0.3 is 10.1 Å². The zero-order valence-electron chi connectivity index (χ0n) is 7.92. The molecule has 0 saturated heterocycles. The molecule has 0 amide bonds. The van der Waals surface area contributed by atoms with Gasteiger partial charge in [0.25, 0.3) is 0 Å². The third-order valence-electron chi connectivity index (χ3n) is 2.37. The molecule has 0 bridgehead atoms. The van der Waals surface area contributed by atoms with E-state index in [1.807, 2.05) is 6.92 Å².